The predicted molar refractivity (Wildman–Crippen MR) is 101 cm³/mol. The summed E-state index contributed by atoms with van der Waals surface area (Å²) < 4.78 is 0. The monoisotopic (exact) mass is 344 g/mol. The van der Waals surface area contributed by atoms with Gasteiger partial charge in [0.25, 0.3) is 0 Å². The molecule has 1 heterocycles. The van der Waals surface area contributed by atoms with Crippen LogP contribution in [0.3, 0.4) is 0 Å². The number of aliphatic carboxylic acids is 1. The van der Waals surface area contributed by atoms with Gasteiger partial charge in [0.15, 0.2) is 0 Å². The molecular weight excluding hydrogens is 312 g/mol. The summed E-state index contributed by atoms with van der Waals surface area (Å²) in [5, 5.41) is 9.02. The van der Waals surface area contributed by atoms with Crippen LogP contribution in [0.1, 0.15) is 51.0 Å². The van der Waals surface area contributed by atoms with Crippen molar-refractivity contribution in [2.24, 2.45) is 0 Å². The molecule has 2 aliphatic rings. The third-order valence-electron chi connectivity index (χ3n) is 6.44. The van der Waals surface area contributed by atoms with Gasteiger partial charge in [0.1, 0.15) is 0 Å². The predicted octanol–water partition coefficient (Wildman–Crippen LogP) is 3.37. The average Bonchev–Trinajstić information content (AvgIpc) is 2.83. The van der Waals surface area contributed by atoms with Gasteiger partial charge in [0.2, 0.25) is 0 Å². The van der Waals surface area contributed by atoms with Crippen LogP contribution in [0.2, 0.25) is 0 Å². The lowest BCUT2D eigenvalue weighted by Crippen LogP contribution is -2.38. The summed E-state index contributed by atoms with van der Waals surface area (Å²) in [4.78, 5) is 15.7. The quantitative estimate of drug-likeness (QED) is 0.889. The number of rotatable bonds is 5. The summed E-state index contributed by atoms with van der Waals surface area (Å²) >= 11 is 0. The van der Waals surface area contributed by atoms with Gasteiger partial charge in [-0.25, -0.2) is 0 Å². The Morgan fingerprint density at radius 2 is 2.00 bits per heavy atom. The number of likely N-dealkylation sites (N-methyl/N-ethyl adjacent to an activating group) is 1. The second-order valence-electron chi connectivity index (χ2n) is 8.25. The number of nitrogens with zero attached hydrogens (tertiary/aromatic N) is 2. The van der Waals surface area contributed by atoms with Crippen molar-refractivity contribution < 1.29 is 9.90 Å². The number of benzene rings is 1. The lowest BCUT2D eigenvalue weighted by molar-refractivity contribution is -0.138. The first-order chi connectivity index (χ1) is 12.0. The molecule has 138 valence electrons. The highest BCUT2D eigenvalue weighted by Gasteiger charge is 2.39. The number of carboxylic acid groups (broad SMARTS) is 1. The van der Waals surface area contributed by atoms with Crippen molar-refractivity contribution in [3.05, 3.63) is 35.9 Å². The molecule has 1 saturated heterocycles. The number of hydrogen-bond donors (Lipinski definition) is 1. The largest absolute Gasteiger partial charge is 0.480 e. The molecule has 0 aromatic heterocycles. The maximum absolute atomic E-state index is 11.0. The van der Waals surface area contributed by atoms with Gasteiger partial charge in [-0.1, -0.05) is 37.3 Å². The van der Waals surface area contributed by atoms with Gasteiger partial charge in [0, 0.05) is 12.1 Å². The smallest absolute Gasteiger partial charge is 0.317 e. The molecule has 1 aromatic carbocycles. The van der Waals surface area contributed by atoms with E-state index in [-0.39, 0.29) is 6.54 Å². The van der Waals surface area contributed by atoms with Crippen LogP contribution in [0.25, 0.3) is 0 Å². The maximum atomic E-state index is 11.0. The summed E-state index contributed by atoms with van der Waals surface area (Å²) in [7, 11) is 1.95. The number of hydrogen-bond acceptors (Lipinski definition) is 3. The van der Waals surface area contributed by atoms with Crippen molar-refractivity contribution in [1.82, 2.24) is 9.80 Å². The van der Waals surface area contributed by atoms with Crippen LogP contribution in [0.5, 0.6) is 0 Å². The van der Waals surface area contributed by atoms with Crippen LogP contribution in [-0.2, 0) is 10.2 Å². The number of carbonyl (C=O) groups is 1. The number of likely N-dealkylation sites (tertiary alicyclic amines) is 1. The molecule has 1 saturated carbocycles. The fraction of sp³-hybridized carbons (Fsp3) is 0.667. The van der Waals surface area contributed by atoms with Gasteiger partial charge in [0.05, 0.1) is 6.54 Å². The van der Waals surface area contributed by atoms with Crippen LogP contribution in [0.15, 0.2) is 30.3 Å². The maximum Gasteiger partial charge on any atom is 0.317 e. The van der Waals surface area contributed by atoms with Gasteiger partial charge >= 0.3 is 5.97 Å². The van der Waals surface area contributed by atoms with Crippen LogP contribution in [-0.4, -0.2) is 59.6 Å². The summed E-state index contributed by atoms with van der Waals surface area (Å²) in [6, 6.07) is 12.0. The molecule has 4 nitrogen and oxygen atoms in total. The summed E-state index contributed by atoms with van der Waals surface area (Å²) in [6.07, 6.45) is 7.16. The van der Waals surface area contributed by atoms with Gasteiger partial charge in [-0.3, -0.25) is 9.69 Å². The molecule has 0 bridgehead atoms. The molecule has 3 atom stereocenters. The lowest BCUT2D eigenvalue weighted by atomic mass is 9.81. The molecule has 2 fully saturated rings. The molecule has 1 N–H and O–H groups in total. The Bertz CT molecular complexity index is 577. The molecule has 1 aliphatic heterocycles. The van der Waals surface area contributed by atoms with E-state index in [2.05, 4.69) is 42.2 Å². The molecule has 0 spiro atoms. The van der Waals surface area contributed by atoms with Crippen LogP contribution in [0, 0.1) is 0 Å². The molecule has 0 amide bonds. The van der Waals surface area contributed by atoms with Gasteiger partial charge in [-0.2, -0.15) is 0 Å². The van der Waals surface area contributed by atoms with Crippen molar-refractivity contribution >= 4 is 5.97 Å². The SMILES string of the molecule is CN(CC(=O)O)C1CCCN(C2CCC(C)(c3ccccc3)C2)CC1. The third-order valence-corrected chi connectivity index (χ3v) is 6.44. The summed E-state index contributed by atoms with van der Waals surface area (Å²) in [5.74, 6) is -0.724. The highest BCUT2D eigenvalue weighted by Crippen LogP contribution is 2.43. The van der Waals surface area contributed by atoms with Crippen LogP contribution in [0.4, 0.5) is 0 Å². The zero-order valence-electron chi connectivity index (χ0n) is 15.7. The molecule has 25 heavy (non-hydrogen) atoms. The molecule has 3 unspecified atom stereocenters. The fourth-order valence-corrected chi connectivity index (χ4v) is 4.87. The number of carboxylic acids is 1. The average molecular weight is 344 g/mol. The van der Waals surface area contributed by atoms with Crippen molar-refractivity contribution in [2.75, 3.05) is 26.7 Å². The molecule has 1 aromatic rings. The van der Waals surface area contributed by atoms with Crippen molar-refractivity contribution in [3.8, 4) is 0 Å². The van der Waals surface area contributed by atoms with Gasteiger partial charge in [-0.05, 0) is 69.6 Å². The molecule has 1 aliphatic carbocycles. The second kappa shape index (κ2) is 7.88. The van der Waals surface area contributed by atoms with Crippen molar-refractivity contribution in [1.29, 1.82) is 0 Å². The van der Waals surface area contributed by atoms with Crippen LogP contribution >= 0.6 is 0 Å². The normalized spacial score (nSPS) is 31.2. The minimum absolute atomic E-state index is 0.153. The molecule has 4 heteroatoms. The Labute approximate surface area is 151 Å². The Hall–Kier alpha value is -1.39. The van der Waals surface area contributed by atoms with E-state index in [0.29, 0.717) is 17.5 Å². The van der Waals surface area contributed by atoms with Gasteiger partial charge in [-0.15, -0.1) is 0 Å². The molecule has 0 radical (unpaired) electrons. The van der Waals surface area contributed by atoms with Crippen LogP contribution < -0.4 is 0 Å². The van der Waals surface area contributed by atoms with E-state index >= 15 is 0 Å². The Morgan fingerprint density at radius 1 is 1.24 bits per heavy atom. The van der Waals surface area contributed by atoms with E-state index < -0.39 is 5.97 Å². The highest BCUT2D eigenvalue weighted by molar-refractivity contribution is 5.69. The van der Waals surface area contributed by atoms with Crippen molar-refractivity contribution in [3.63, 3.8) is 0 Å². The highest BCUT2D eigenvalue weighted by atomic mass is 16.4. The van der Waals surface area contributed by atoms with E-state index in [1.54, 1.807) is 0 Å². The standard InChI is InChI=1S/C21H32N2O2/c1-21(17-7-4-3-5-8-17)12-10-19(15-21)23-13-6-9-18(11-14-23)22(2)16-20(24)25/h3-5,7-8,18-19H,6,9-16H2,1-2H3,(H,24,25). The van der Waals surface area contributed by atoms with E-state index in [1.165, 1.54) is 31.2 Å². The summed E-state index contributed by atoms with van der Waals surface area (Å²) in [5.41, 5.74) is 1.78. The molecular formula is C21H32N2O2. The first-order valence-corrected chi connectivity index (χ1v) is 9.69. The minimum atomic E-state index is -0.724. The molecule has 3 rings (SSSR count). The van der Waals surface area contributed by atoms with Gasteiger partial charge < -0.3 is 10.0 Å². The second-order valence-corrected chi connectivity index (χ2v) is 8.25. The Balaban J connectivity index is 1.58. The Kier molecular flexibility index (Phi) is 5.80. The first-order valence-electron chi connectivity index (χ1n) is 9.69. The first kappa shape index (κ1) is 18.4. The zero-order chi connectivity index (χ0) is 17.9. The van der Waals surface area contributed by atoms with E-state index in [0.717, 1.165) is 25.9 Å². The Morgan fingerprint density at radius 3 is 2.72 bits per heavy atom. The summed E-state index contributed by atoms with van der Waals surface area (Å²) in [6.45, 7) is 4.83. The third kappa shape index (κ3) is 4.42. The fourth-order valence-electron chi connectivity index (χ4n) is 4.87. The van der Waals surface area contributed by atoms with Crippen molar-refractivity contribution in [2.45, 2.75) is 62.9 Å². The van der Waals surface area contributed by atoms with E-state index in [1.807, 2.05) is 11.9 Å². The zero-order valence-corrected chi connectivity index (χ0v) is 15.7. The lowest BCUT2D eigenvalue weighted by Gasteiger charge is -2.31. The van der Waals surface area contributed by atoms with E-state index in [9.17, 15) is 4.79 Å². The van der Waals surface area contributed by atoms with E-state index in [4.69, 9.17) is 5.11 Å². The topological polar surface area (TPSA) is 43.8 Å². The minimum Gasteiger partial charge on any atom is -0.480 e.